The molecule has 6 nitrogen and oxygen atoms in total. The lowest BCUT2D eigenvalue weighted by Crippen LogP contribution is -2.16. The van der Waals surface area contributed by atoms with Crippen LogP contribution >= 0.6 is 0 Å². The molecule has 0 aliphatic heterocycles. The Morgan fingerprint density at radius 1 is 1.29 bits per heavy atom. The first-order valence-electron chi connectivity index (χ1n) is 5.77. The molecule has 0 fully saturated rings. The Morgan fingerprint density at radius 3 is 2.62 bits per heavy atom. The number of para-hydroxylation sites is 1. The molecule has 1 amide bonds. The fourth-order valence-electron chi connectivity index (χ4n) is 1.78. The highest BCUT2D eigenvalue weighted by atomic mass is 19.1. The summed E-state index contributed by atoms with van der Waals surface area (Å²) in [6.07, 6.45) is 0. The topological polar surface area (TPSA) is 85.1 Å². The second kappa shape index (κ2) is 5.61. The summed E-state index contributed by atoms with van der Waals surface area (Å²) in [5.74, 6) is -3.12. The molecule has 1 aromatic carbocycles. The van der Waals surface area contributed by atoms with Crippen molar-refractivity contribution < 1.29 is 18.5 Å². The van der Waals surface area contributed by atoms with Gasteiger partial charge >= 0.3 is 0 Å². The average molecular weight is 293 g/mol. The molecule has 0 atom stereocenters. The number of nitro groups is 1. The van der Waals surface area contributed by atoms with Gasteiger partial charge in [-0.25, -0.2) is 0 Å². The first-order chi connectivity index (χ1) is 9.90. The standard InChI is InChI=1S/C13H9F2N3O3/c1-7-3-2-4-8(11(7)18(20)21)13(19)16-9-5-6-10(14)17-12(9)15/h2-6H,1H3,(H,16,19). The molecule has 1 heterocycles. The van der Waals surface area contributed by atoms with E-state index in [0.29, 0.717) is 5.56 Å². The lowest BCUT2D eigenvalue weighted by atomic mass is 10.1. The van der Waals surface area contributed by atoms with Gasteiger partial charge in [0.15, 0.2) is 0 Å². The van der Waals surface area contributed by atoms with Crippen molar-refractivity contribution in [1.29, 1.82) is 0 Å². The summed E-state index contributed by atoms with van der Waals surface area (Å²) in [5.41, 5.74) is -0.656. The molecule has 1 N–H and O–H groups in total. The Morgan fingerprint density at radius 2 is 2.00 bits per heavy atom. The maximum absolute atomic E-state index is 13.4. The summed E-state index contributed by atoms with van der Waals surface area (Å²) in [7, 11) is 0. The molecule has 0 saturated heterocycles. The van der Waals surface area contributed by atoms with Gasteiger partial charge in [-0.15, -0.1) is 0 Å². The highest BCUT2D eigenvalue weighted by Crippen LogP contribution is 2.24. The van der Waals surface area contributed by atoms with Crippen molar-refractivity contribution in [3.05, 3.63) is 63.5 Å². The predicted molar refractivity (Wildman–Crippen MR) is 69.9 cm³/mol. The SMILES string of the molecule is Cc1cccc(C(=O)Nc2ccc(F)nc2F)c1[N+](=O)[O-]. The number of aromatic nitrogens is 1. The Balaban J connectivity index is 2.37. The number of carbonyl (C=O) groups excluding carboxylic acids is 1. The Hall–Kier alpha value is -2.90. The predicted octanol–water partition coefficient (Wildman–Crippen LogP) is 2.83. The third-order valence-corrected chi connectivity index (χ3v) is 2.73. The van der Waals surface area contributed by atoms with E-state index in [-0.39, 0.29) is 16.9 Å². The fraction of sp³-hybridized carbons (Fsp3) is 0.0769. The second-order valence-corrected chi connectivity index (χ2v) is 4.15. The lowest BCUT2D eigenvalue weighted by Gasteiger charge is -2.07. The average Bonchev–Trinajstić information content (AvgIpc) is 2.41. The molecule has 108 valence electrons. The van der Waals surface area contributed by atoms with Gasteiger partial charge in [-0.05, 0) is 25.1 Å². The number of nitrogens with zero attached hydrogens (tertiary/aromatic N) is 2. The Bertz CT molecular complexity index is 735. The molecule has 8 heteroatoms. The maximum Gasteiger partial charge on any atom is 0.285 e. The number of hydrogen-bond donors (Lipinski definition) is 1. The van der Waals surface area contributed by atoms with E-state index >= 15 is 0 Å². The fourth-order valence-corrected chi connectivity index (χ4v) is 1.78. The van der Waals surface area contributed by atoms with Crippen molar-refractivity contribution in [1.82, 2.24) is 4.98 Å². The van der Waals surface area contributed by atoms with Gasteiger partial charge in [-0.3, -0.25) is 14.9 Å². The highest BCUT2D eigenvalue weighted by Gasteiger charge is 2.23. The number of rotatable bonds is 3. The van der Waals surface area contributed by atoms with Crippen LogP contribution in [0, 0.1) is 28.9 Å². The molecule has 0 saturated carbocycles. The molecule has 21 heavy (non-hydrogen) atoms. The molecule has 1 aromatic heterocycles. The largest absolute Gasteiger partial charge is 0.318 e. The number of hydrogen-bond acceptors (Lipinski definition) is 4. The van der Waals surface area contributed by atoms with E-state index in [1.54, 1.807) is 0 Å². The minimum atomic E-state index is -1.21. The van der Waals surface area contributed by atoms with Crippen LogP contribution in [0.2, 0.25) is 0 Å². The van der Waals surface area contributed by atoms with Gasteiger partial charge in [0, 0.05) is 5.56 Å². The number of nitrogens with one attached hydrogen (secondary N) is 1. The normalized spacial score (nSPS) is 10.2. The van der Waals surface area contributed by atoms with Crippen LogP contribution in [0.5, 0.6) is 0 Å². The van der Waals surface area contributed by atoms with Gasteiger partial charge in [0.1, 0.15) is 5.56 Å². The Kier molecular flexibility index (Phi) is 3.88. The van der Waals surface area contributed by atoms with Crippen LogP contribution in [0.4, 0.5) is 20.2 Å². The van der Waals surface area contributed by atoms with E-state index in [1.165, 1.54) is 25.1 Å². The first kappa shape index (κ1) is 14.5. The van der Waals surface area contributed by atoms with E-state index in [9.17, 15) is 23.7 Å². The number of pyridine rings is 1. The second-order valence-electron chi connectivity index (χ2n) is 4.15. The monoisotopic (exact) mass is 293 g/mol. The minimum Gasteiger partial charge on any atom is -0.318 e. The summed E-state index contributed by atoms with van der Waals surface area (Å²) in [6.45, 7) is 1.48. The summed E-state index contributed by atoms with van der Waals surface area (Å²) in [5, 5.41) is 13.1. The van der Waals surface area contributed by atoms with E-state index in [4.69, 9.17) is 0 Å². The minimum absolute atomic E-state index is 0.219. The summed E-state index contributed by atoms with van der Waals surface area (Å²) < 4.78 is 26.0. The maximum atomic E-state index is 13.4. The summed E-state index contributed by atoms with van der Waals surface area (Å²) >= 11 is 0. The van der Waals surface area contributed by atoms with Crippen LogP contribution in [-0.4, -0.2) is 15.8 Å². The third kappa shape index (κ3) is 2.99. The van der Waals surface area contributed by atoms with E-state index in [2.05, 4.69) is 10.3 Å². The van der Waals surface area contributed by atoms with Gasteiger partial charge in [0.05, 0.1) is 10.6 Å². The van der Waals surface area contributed by atoms with Crippen LogP contribution < -0.4 is 5.32 Å². The number of nitro benzene ring substituents is 1. The molecule has 0 bridgehead atoms. The number of aryl methyl sites for hydroxylation is 1. The van der Waals surface area contributed by atoms with Crippen molar-refractivity contribution in [2.75, 3.05) is 5.32 Å². The molecule has 0 radical (unpaired) electrons. The van der Waals surface area contributed by atoms with Gasteiger partial charge in [-0.2, -0.15) is 13.8 Å². The number of anilines is 1. The zero-order chi connectivity index (χ0) is 15.6. The number of halogens is 2. The van der Waals surface area contributed by atoms with Gasteiger partial charge < -0.3 is 5.32 Å². The molecule has 2 aromatic rings. The van der Waals surface area contributed by atoms with Crippen LogP contribution in [0.1, 0.15) is 15.9 Å². The third-order valence-electron chi connectivity index (χ3n) is 2.73. The van der Waals surface area contributed by atoms with Crippen molar-refractivity contribution >= 4 is 17.3 Å². The van der Waals surface area contributed by atoms with Gasteiger partial charge in [-0.1, -0.05) is 12.1 Å². The van der Waals surface area contributed by atoms with Crippen molar-refractivity contribution in [3.8, 4) is 0 Å². The van der Waals surface area contributed by atoms with Crippen molar-refractivity contribution in [3.63, 3.8) is 0 Å². The Labute approximate surface area is 117 Å². The van der Waals surface area contributed by atoms with E-state index in [0.717, 1.165) is 12.1 Å². The molecule has 0 unspecified atom stereocenters. The molecule has 0 aliphatic rings. The van der Waals surface area contributed by atoms with Gasteiger partial charge in [0.25, 0.3) is 11.6 Å². The molecule has 2 rings (SSSR count). The number of benzene rings is 1. The molecular formula is C13H9F2N3O3. The van der Waals surface area contributed by atoms with E-state index < -0.39 is 22.7 Å². The van der Waals surface area contributed by atoms with Crippen molar-refractivity contribution in [2.24, 2.45) is 0 Å². The first-order valence-corrected chi connectivity index (χ1v) is 5.77. The van der Waals surface area contributed by atoms with Crippen LogP contribution in [0.25, 0.3) is 0 Å². The summed E-state index contributed by atoms with van der Waals surface area (Å²) in [6, 6.07) is 6.04. The number of carbonyl (C=O) groups is 1. The van der Waals surface area contributed by atoms with Crippen LogP contribution in [0.15, 0.2) is 30.3 Å². The highest BCUT2D eigenvalue weighted by molar-refractivity contribution is 6.07. The quantitative estimate of drug-likeness (QED) is 0.535. The zero-order valence-corrected chi connectivity index (χ0v) is 10.8. The smallest absolute Gasteiger partial charge is 0.285 e. The van der Waals surface area contributed by atoms with Crippen molar-refractivity contribution in [2.45, 2.75) is 6.92 Å². The molecular weight excluding hydrogens is 284 g/mol. The zero-order valence-electron chi connectivity index (χ0n) is 10.8. The number of amides is 1. The van der Waals surface area contributed by atoms with Gasteiger partial charge in [0.2, 0.25) is 11.9 Å². The summed E-state index contributed by atoms with van der Waals surface area (Å²) in [4.78, 5) is 25.2. The van der Waals surface area contributed by atoms with Crippen LogP contribution in [0.3, 0.4) is 0 Å². The molecule has 0 aliphatic carbocycles. The van der Waals surface area contributed by atoms with Crippen LogP contribution in [-0.2, 0) is 0 Å². The molecule has 0 spiro atoms. The van der Waals surface area contributed by atoms with E-state index in [1.807, 2.05) is 0 Å². The lowest BCUT2D eigenvalue weighted by molar-refractivity contribution is -0.385.